The summed E-state index contributed by atoms with van der Waals surface area (Å²) in [6.07, 6.45) is 3.72. The van der Waals surface area contributed by atoms with Crippen molar-refractivity contribution >= 4 is 0 Å². The van der Waals surface area contributed by atoms with Crippen molar-refractivity contribution in [2.45, 2.75) is 70.6 Å². The summed E-state index contributed by atoms with van der Waals surface area (Å²) in [7, 11) is 0. The number of hydrogen-bond donors (Lipinski definition) is 2. The first-order valence-corrected chi connectivity index (χ1v) is 12.0. The molecule has 5 rings (SSSR count). The lowest BCUT2D eigenvalue weighted by atomic mass is 9.62. The van der Waals surface area contributed by atoms with Gasteiger partial charge in [0.1, 0.15) is 0 Å². The lowest BCUT2D eigenvalue weighted by Crippen LogP contribution is -2.36. The van der Waals surface area contributed by atoms with Crippen LogP contribution < -0.4 is 5.69 Å². The number of hydrogen-bond acceptors (Lipinski definition) is 4. The maximum absolute atomic E-state index is 11.9. The minimum Gasteiger partial charge on any atom is -0.493 e. The van der Waals surface area contributed by atoms with E-state index in [9.17, 15) is 9.90 Å². The Hall–Kier alpha value is -2.83. The topological polar surface area (TPSA) is 76.5 Å². The third-order valence-electron chi connectivity index (χ3n) is 7.71. The van der Waals surface area contributed by atoms with Crippen molar-refractivity contribution < 1.29 is 14.6 Å². The van der Waals surface area contributed by atoms with Crippen LogP contribution in [0.3, 0.4) is 0 Å². The van der Waals surface area contributed by atoms with Gasteiger partial charge in [0.15, 0.2) is 0 Å². The molecule has 0 radical (unpaired) electrons. The summed E-state index contributed by atoms with van der Waals surface area (Å²) in [5.74, 6) is -1.08. The minimum atomic E-state index is -0.946. The molecule has 1 fully saturated rings. The Morgan fingerprint density at radius 1 is 0.941 bits per heavy atom. The molecule has 3 aromatic rings. The van der Waals surface area contributed by atoms with E-state index in [2.05, 4.69) is 51.7 Å². The van der Waals surface area contributed by atoms with Crippen LogP contribution in [0.4, 0.5) is 0 Å². The summed E-state index contributed by atoms with van der Waals surface area (Å²) in [5, 5.41) is 9.53. The van der Waals surface area contributed by atoms with E-state index in [-0.39, 0.29) is 22.4 Å². The molecule has 0 atom stereocenters. The summed E-state index contributed by atoms with van der Waals surface area (Å²) in [5.41, 5.74) is 6.82. The average Bonchev–Trinajstić information content (AvgIpc) is 3.39. The highest BCUT2D eigenvalue weighted by molar-refractivity contribution is 5.50. The van der Waals surface area contributed by atoms with E-state index in [1.807, 2.05) is 24.3 Å². The van der Waals surface area contributed by atoms with E-state index in [0.29, 0.717) is 19.8 Å². The van der Waals surface area contributed by atoms with Crippen LogP contribution in [0.15, 0.2) is 47.4 Å². The first-order valence-electron chi connectivity index (χ1n) is 12.0. The fraction of sp³-hybridized carbons (Fsp3) is 0.464. The van der Waals surface area contributed by atoms with E-state index < -0.39 is 5.79 Å². The molecule has 34 heavy (non-hydrogen) atoms. The minimum absolute atomic E-state index is 0.0896. The summed E-state index contributed by atoms with van der Waals surface area (Å²) in [6.45, 7) is 12.9. The Kier molecular flexibility index (Phi) is 5.30. The van der Waals surface area contributed by atoms with Gasteiger partial charge < -0.3 is 14.6 Å². The molecule has 0 amide bonds. The van der Waals surface area contributed by atoms with Crippen LogP contribution in [-0.4, -0.2) is 27.9 Å². The molecule has 6 heteroatoms. The predicted octanol–water partition coefficient (Wildman–Crippen LogP) is 4.84. The van der Waals surface area contributed by atoms with Gasteiger partial charge in [-0.3, -0.25) is 9.55 Å². The Balaban J connectivity index is 1.56. The average molecular weight is 463 g/mol. The van der Waals surface area contributed by atoms with Crippen LogP contribution in [0.1, 0.15) is 73.9 Å². The number of nitrogens with zero attached hydrogens (tertiary/aromatic N) is 1. The number of benzene rings is 2. The number of nitrogens with one attached hydrogen (secondary N) is 1. The zero-order valence-electron chi connectivity index (χ0n) is 20.7. The summed E-state index contributed by atoms with van der Waals surface area (Å²) >= 11 is 0. The number of rotatable bonds is 4. The number of ether oxygens (including phenoxy) is 2. The normalized spacial score (nSPS) is 20.3. The molecular weight excluding hydrogens is 428 g/mol. The van der Waals surface area contributed by atoms with Gasteiger partial charge in [0.25, 0.3) is 0 Å². The molecule has 2 aliphatic rings. The van der Waals surface area contributed by atoms with Crippen molar-refractivity contribution in [1.82, 2.24) is 9.55 Å². The Labute approximate surface area is 200 Å². The van der Waals surface area contributed by atoms with Gasteiger partial charge in [-0.1, -0.05) is 58.0 Å². The number of imidazole rings is 1. The standard InChI is InChI=1S/C28H34N2O4/c1-18-14-22-23(27(4,5)11-10-26(22,2)3)15-21(18)28(33-12-13-34-28)20-8-6-19(7-9-20)16-30-17-24(31)29-25(30)32/h6-9,14-15,17,31H,10-13,16H2,1-5H3,(H,29,32). The van der Waals surface area contributed by atoms with Gasteiger partial charge in [0, 0.05) is 11.1 Å². The number of fused-ring (bicyclic) bond motifs is 1. The fourth-order valence-corrected chi connectivity index (χ4v) is 5.53. The van der Waals surface area contributed by atoms with E-state index >= 15 is 0 Å². The Bertz CT molecular complexity index is 1270. The molecule has 0 saturated carbocycles. The van der Waals surface area contributed by atoms with Crippen molar-refractivity contribution in [3.63, 3.8) is 0 Å². The quantitative estimate of drug-likeness (QED) is 0.582. The first kappa shape index (κ1) is 22.9. The molecule has 1 saturated heterocycles. The predicted molar refractivity (Wildman–Crippen MR) is 131 cm³/mol. The fourth-order valence-electron chi connectivity index (χ4n) is 5.53. The summed E-state index contributed by atoms with van der Waals surface area (Å²) < 4.78 is 14.2. The molecule has 6 nitrogen and oxygen atoms in total. The smallest absolute Gasteiger partial charge is 0.328 e. The Morgan fingerprint density at radius 2 is 1.53 bits per heavy atom. The van der Waals surface area contributed by atoms with Gasteiger partial charge in [-0.2, -0.15) is 0 Å². The molecule has 1 aromatic heterocycles. The van der Waals surface area contributed by atoms with Crippen molar-refractivity contribution in [1.29, 1.82) is 0 Å². The van der Waals surface area contributed by atoms with Crippen LogP contribution in [0.5, 0.6) is 5.88 Å². The van der Waals surface area contributed by atoms with E-state index in [1.54, 1.807) is 0 Å². The zero-order valence-corrected chi connectivity index (χ0v) is 20.7. The lowest BCUT2D eigenvalue weighted by molar-refractivity contribution is -0.130. The second kappa shape index (κ2) is 7.85. The Morgan fingerprint density at radius 3 is 2.09 bits per heavy atom. The molecule has 2 heterocycles. The summed E-state index contributed by atoms with van der Waals surface area (Å²) in [6, 6.07) is 12.7. The second-order valence-electron chi connectivity index (χ2n) is 11.1. The zero-order chi connectivity index (χ0) is 24.3. The maximum atomic E-state index is 11.9. The van der Waals surface area contributed by atoms with Gasteiger partial charge >= 0.3 is 5.69 Å². The van der Waals surface area contributed by atoms with Crippen molar-refractivity contribution in [2.24, 2.45) is 0 Å². The van der Waals surface area contributed by atoms with Crippen molar-refractivity contribution in [3.05, 3.63) is 86.5 Å². The largest absolute Gasteiger partial charge is 0.493 e. The molecular formula is C28H34N2O4. The highest BCUT2D eigenvalue weighted by Crippen LogP contribution is 2.49. The van der Waals surface area contributed by atoms with Crippen molar-refractivity contribution in [3.8, 4) is 5.88 Å². The number of H-pyrrole nitrogens is 1. The third-order valence-corrected chi connectivity index (χ3v) is 7.71. The van der Waals surface area contributed by atoms with Gasteiger partial charge in [-0.25, -0.2) is 4.79 Å². The molecule has 1 aliphatic carbocycles. The van der Waals surface area contributed by atoms with Gasteiger partial charge in [0.2, 0.25) is 11.7 Å². The van der Waals surface area contributed by atoms with Crippen molar-refractivity contribution in [2.75, 3.05) is 13.2 Å². The molecule has 0 unspecified atom stereocenters. The van der Waals surface area contributed by atoms with Gasteiger partial charge in [-0.15, -0.1) is 0 Å². The van der Waals surface area contributed by atoms with Gasteiger partial charge in [0.05, 0.1) is 26.0 Å². The van der Waals surface area contributed by atoms with Crippen LogP contribution in [-0.2, 0) is 32.6 Å². The van der Waals surface area contributed by atoms with Crippen LogP contribution in [0.25, 0.3) is 0 Å². The molecule has 0 spiro atoms. The van der Waals surface area contributed by atoms with Gasteiger partial charge in [-0.05, 0) is 58.9 Å². The van der Waals surface area contributed by atoms with E-state index in [4.69, 9.17) is 9.47 Å². The number of aromatic nitrogens is 2. The molecule has 2 aromatic carbocycles. The number of aromatic amines is 1. The van der Waals surface area contributed by atoms with Crippen LogP contribution >= 0.6 is 0 Å². The SMILES string of the molecule is Cc1cc2c(cc1C1(c3ccc(Cn4cc(O)[nH]c4=O)cc3)OCCO1)C(C)(C)CCC2(C)C. The molecule has 0 bridgehead atoms. The highest BCUT2D eigenvalue weighted by Gasteiger charge is 2.44. The highest BCUT2D eigenvalue weighted by atomic mass is 16.7. The van der Waals surface area contributed by atoms with E-state index in [1.165, 1.54) is 33.9 Å². The van der Waals surface area contributed by atoms with Crippen LogP contribution in [0.2, 0.25) is 0 Å². The molecule has 2 N–H and O–H groups in total. The second-order valence-corrected chi connectivity index (χ2v) is 11.1. The molecule has 1 aliphatic heterocycles. The third kappa shape index (κ3) is 3.69. The molecule has 180 valence electrons. The lowest BCUT2D eigenvalue weighted by Gasteiger charge is -2.43. The first-order chi connectivity index (χ1) is 16.0. The summed E-state index contributed by atoms with van der Waals surface area (Å²) in [4.78, 5) is 14.3. The monoisotopic (exact) mass is 462 g/mol. The van der Waals surface area contributed by atoms with Crippen LogP contribution in [0, 0.1) is 6.92 Å². The maximum Gasteiger partial charge on any atom is 0.328 e. The number of aromatic hydroxyl groups is 1. The number of aryl methyl sites for hydroxylation is 1. The van der Waals surface area contributed by atoms with E-state index in [0.717, 1.165) is 23.1 Å².